The Morgan fingerprint density at radius 1 is 1.45 bits per heavy atom. The smallest absolute Gasteiger partial charge is 0.272 e. The largest absolute Gasteiger partial charge is 0.399 e. The first-order chi connectivity index (χ1) is 9.74. The fourth-order valence-corrected chi connectivity index (χ4v) is 1.92. The molecule has 1 amide bonds. The number of carbonyl (C=O) groups is 1. The summed E-state index contributed by atoms with van der Waals surface area (Å²) in [6.07, 6.45) is 3.32. The lowest BCUT2D eigenvalue weighted by molar-refractivity contribution is 0.0948. The maximum absolute atomic E-state index is 12.1. The van der Waals surface area contributed by atoms with E-state index in [9.17, 15) is 4.79 Å². The molecular weight excluding hydrogens is 258 g/mol. The summed E-state index contributed by atoms with van der Waals surface area (Å²) in [4.78, 5) is 12.1. The number of aromatic nitrogens is 5. The molecule has 0 atom stereocenters. The first-order valence-electron chi connectivity index (χ1n) is 6.10. The van der Waals surface area contributed by atoms with E-state index in [4.69, 9.17) is 5.73 Å². The van der Waals surface area contributed by atoms with Crippen molar-refractivity contribution in [1.29, 1.82) is 0 Å². The number of nitrogens with zero attached hydrogens (tertiary/aromatic N) is 4. The molecule has 0 spiro atoms. The van der Waals surface area contributed by atoms with Gasteiger partial charge in [0.15, 0.2) is 5.69 Å². The lowest BCUT2D eigenvalue weighted by Crippen LogP contribution is -2.27. The van der Waals surface area contributed by atoms with E-state index in [0.717, 1.165) is 5.52 Å². The molecule has 0 fully saturated rings. The van der Waals surface area contributed by atoms with Gasteiger partial charge < -0.3 is 11.1 Å². The van der Waals surface area contributed by atoms with Gasteiger partial charge in [0, 0.05) is 23.8 Å². The summed E-state index contributed by atoms with van der Waals surface area (Å²) >= 11 is 0. The first-order valence-corrected chi connectivity index (χ1v) is 6.10. The Labute approximate surface area is 114 Å². The van der Waals surface area contributed by atoms with Crippen LogP contribution < -0.4 is 11.1 Å². The summed E-state index contributed by atoms with van der Waals surface area (Å²) < 4.78 is 1.64. The van der Waals surface area contributed by atoms with Crippen LogP contribution in [0.4, 0.5) is 5.69 Å². The molecule has 0 aliphatic heterocycles. The molecule has 0 aliphatic rings. The quantitative estimate of drug-likeness (QED) is 0.585. The molecule has 0 radical (unpaired) electrons. The van der Waals surface area contributed by atoms with Crippen molar-refractivity contribution in [1.82, 2.24) is 30.5 Å². The molecule has 0 saturated carbocycles. The van der Waals surface area contributed by atoms with Crippen LogP contribution in [0.5, 0.6) is 0 Å². The molecule has 3 aromatic rings. The molecule has 8 heteroatoms. The maximum Gasteiger partial charge on any atom is 0.272 e. The van der Waals surface area contributed by atoms with E-state index in [0.29, 0.717) is 29.9 Å². The Balaban J connectivity index is 1.70. The van der Waals surface area contributed by atoms with E-state index in [1.807, 2.05) is 0 Å². The first kappa shape index (κ1) is 12.2. The Morgan fingerprint density at radius 3 is 3.15 bits per heavy atom. The summed E-state index contributed by atoms with van der Waals surface area (Å²) in [5.74, 6) is -0.248. The summed E-state index contributed by atoms with van der Waals surface area (Å²) in [6.45, 7) is 0.995. The summed E-state index contributed by atoms with van der Waals surface area (Å²) in [6, 6.07) is 5.28. The van der Waals surface area contributed by atoms with E-state index in [2.05, 4.69) is 25.8 Å². The minimum Gasteiger partial charge on any atom is -0.399 e. The topological polar surface area (TPSA) is 115 Å². The molecule has 20 heavy (non-hydrogen) atoms. The van der Waals surface area contributed by atoms with Gasteiger partial charge in [0.2, 0.25) is 0 Å². The van der Waals surface area contributed by atoms with E-state index in [1.54, 1.807) is 35.3 Å². The van der Waals surface area contributed by atoms with Crippen molar-refractivity contribution >= 4 is 22.5 Å². The third-order valence-corrected chi connectivity index (χ3v) is 2.90. The monoisotopic (exact) mass is 271 g/mol. The van der Waals surface area contributed by atoms with Crippen molar-refractivity contribution in [3.05, 3.63) is 36.3 Å². The standard InChI is InChI=1S/C12H13N7O/c13-8-1-2-10-9(7-8)11(17-16-10)12(20)14-3-5-19-6-4-15-18-19/h1-2,4,6-7H,3,5,13H2,(H,14,20)(H,16,17). The average molecular weight is 271 g/mol. The number of nitrogen functional groups attached to an aromatic ring is 1. The second kappa shape index (κ2) is 5.00. The number of aromatic amines is 1. The molecule has 3 rings (SSSR count). The van der Waals surface area contributed by atoms with Crippen LogP contribution in [0, 0.1) is 0 Å². The number of fused-ring (bicyclic) bond motifs is 1. The van der Waals surface area contributed by atoms with Crippen LogP contribution in [-0.2, 0) is 6.54 Å². The maximum atomic E-state index is 12.1. The number of hydrogen-bond acceptors (Lipinski definition) is 5. The SMILES string of the molecule is Nc1ccc2[nH]nc(C(=O)NCCn3ccnn3)c2c1. The molecule has 0 aliphatic carbocycles. The minimum atomic E-state index is -0.248. The summed E-state index contributed by atoms with van der Waals surface area (Å²) in [5, 5.41) is 17.8. The highest BCUT2D eigenvalue weighted by atomic mass is 16.1. The number of carbonyl (C=O) groups excluding carboxylic acids is 1. The molecule has 2 heterocycles. The Morgan fingerprint density at radius 2 is 2.35 bits per heavy atom. The van der Waals surface area contributed by atoms with Crippen molar-refractivity contribution in [3.8, 4) is 0 Å². The van der Waals surface area contributed by atoms with Crippen LogP contribution in [0.1, 0.15) is 10.5 Å². The van der Waals surface area contributed by atoms with Gasteiger partial charge in [-0.3, -0.25) is 14.6 Å². The normalized spacial score (nSPS) is 10.8. The van der Waals surface area contributed by atoms with E-state index < -0.39 is 0 Å². The lowest BCUT2D eigenvalue weighted by atomic mass is 10.2. The zero-order chi connectivity index (χ0) is 13.9. The predicted molar refractivity (Wildman–Crippen MR) is 72.9 cm³/mol. The van der Waals surface area contributed by atoms with Gasteiger partial charge in [-0.2, -0.15) is 5.10 Å². The van der Waals surface area contributed by atoms with Crippen molar-refractivity contribution in [2.24, 2.45) is 0 Å². The van der Waals surface area contributed by atoms with Crippen LogP contribution in [0.2, 0.25) is 0 Å². The molecule has 2 aromatic heterocycles. The number of rotatable bonds is 4. The van der Waals surface area contributed by atoms with Crippen LogP contribution >= 0.6 is 0 Å². The van der Waals surface area contributed by atoms with Crippen molar-refractivity contribution in [2.75, 3.05) is 12.3 Å². The molecule has 4 N–H and O–H groups in total. The van der Waals surface area contributed by atoms with Crippen LogP contribution in [-0.4, -0.2) is 37.6 Å². The lowest BCUT2D eigenvalue weighted by Gasteiger charge is -2.03. The van der Waals surface area contributed by atoms with Gasteiger partial charge in [0.05, 0.1) is 18.3 Å². The van der Waals surface area contributed by atoms with Gasteiger partial charge in [-0.15, -0.1) is 5.10 Å². The summed E-state index contributed by atoms with van der Waals surface area (Å²) in [5.41, 5.74) is 7.43. The fourth-order valence-electron chi connectivity index (χ4n) is 1.92. The van der Waals surface area contributed by atoms with Crippen LogP contribution in [0.3, 0.4) is 0 Å². The molecule has 102 valence electrons. The second-order valence-electron chi connectivity index (χ2n) is 4.30. The number of anilines is 1. The number of H-pyrrole nitrogens is 1. The van der Waals surface area contributed by atoms with Crippen molar-refractivity contribution in [2.45, 2.75) is 6.54 Å². The van der Waals surface area contributed by atoms with Gasteiger partial charge >= 0.3 is 0 Å². The predicted octanol–water partition coefficient (Wildman–Crippen LogP) is 0.167. The molecule has 1 aromatic carbocycles. The Hall–Kier alpha value is -2.90. The zero-order valence-electron chi connectivity index (χ0n) is 10.6. The molecule has 0 saturated heterocycles. The molecule has 0 unspecified atom stereocenters. The number of amides is 1. The van der Waals surface area contributed by atoms with Gasteiger partial charge in [0.1, 0.15) is 0 Å². The van der Waals surface area contributed by atoms with E-state index >= 15 is 0 Å². The number of benzene rings is 1. The molecule has 8 nitrogen and oxygen atoms in total. The number of nitrogens with one attached hydrogen (secondary N) is 2. The third kappa shape index (κ3) is 2.30. The van der Waals surface area contributed by atoms with Gasteiger partial charge in [-0.25, -0.2) is 0 Å². The van der Waals surface area contributed by atoms with Gasteiger partial charge in [0.25, 0.3) is 5.91 Å². The van der Waals surface area contributed by atoms with Gasteiger partial charge in [-0.05, 0) is 18.2 Å². The van der Waals surface area contributed by atoms with Crippen LogP contribution in [0.25, 0.3) is 10.9 Å². The highest BCUT2D eigenvalue weighted by molar-refractivity contribution is 6.05. The highest BCUT2D eigenvalue weighted by Crippen LogP contribution is 2.18. The zero-order valence-corrected chi connectivity index (χ0v) is 10.6. The number of nitrogens with two attached hydrogens (primary N) is 1. The van der Waals surface area contributed by atoms with Crippen molar-refractivity contribution in [3.63, 3.8) is 0 Å². The number of hydrogen-bond donors (Lipinski definition) is 3. The summed E-state index contributed by atoms with van der Waals surface area (Å²) in [7, 11) is 0. The Kier molecular flexibility index (Phi) is 3.04. The van der Waals surface area contributed by atoms with Crippen LogP contribution in [0.15, 0.2) is 30.6 Å². The second-order valence-corrected chi connectivity index (χ2v) is 4.30. The van der Waals surface area contributed by atoms with Crippen molar-refractivity contribution < 1.29 is 4.79 Å². The van der Waals surface area contributed by atoms with E-state index in [-0.39, 0.29) is 5.91 Å². The Bertz CT molecular complexity index is 731. The minimum absolute atomic E-state index is 0.248. The fraction of sp³-hybridized carbons (Fsp3) is 0.167. The van der Waals surface area contributed by atoms with E-state index in [1.165, 1.54) is 0 Å². The highest BCUT2D eigenvalue weighted by Gasteiger charge is 2.13. The molecule has 0 bridgehead atoms. The molecular formula is C12H13N7O. The average Bonchev–Trinajstić information content (AvgIpc) is 3.07. The van der Waals surface area contributed by atoms with Gasteiger partial charge in [-0.1, -0.05) is 5.21 Å². The third-order valence-electron chi connectivity index (χ3n) is 2.90.